The van der Waals surface area contributed by atoms with Crippen LogP contribution in [0.15, 0.2) is 42.0 Å². The Balaban J connectivity index is 2.23. The number of aliphatic hydroxyl groups is 1. The van der Waals surface area contributed by atoms with Crippen LogP contribution in [0, 0.1) is 5.82 Å². The highest BCUT2D eigenvalue weighted by Crippen LogP contribution is 2.43. The second-order valence-corrected chi connectivity index (χ2v) is 7.82. The van der Waals surface area contributed by atoms with Gasteiger partial charge in [-0.05, 0) is 18.6 Å². The van der Waals surface area contributed by atoms with Crippen LogP contribution in [-0.4, -0.2) is 42.5 Å². The van der Waals surface area contributed by atoms with Gasteiger partial charge in [-0.1, -0.05) is 49.6 Å². The van der Waals surface area contributed by atoms with E-state index in [1.165, 1.54) is 49.5 Å². The number of Topliss-reactive ketones (excluding diaryl/α,β-unsaturated/α-hetero) is 1. The largest absolute Gasteiger partial charge is 0.507 e. The third-order valence-corrected chi connectivity index (χ3v) is 5.77. The number of carbonyl (C=O) groups is 2. The van der Waals surface area contributed by atoms with Crippen LogP contribution in [0.4, 0.5) is 4.39 Å². The Kier molecular flexibility index (Phi) is 7.40. The maximum Gasteiger partial charge on any atom is 0.295 e. The number of likely N-dealkylation sites (tertiary alicyclic amines) is 1. The molecule has 170 valence electrons. The molecule has 1 atom stereocenters. The number of carbonyl (C=O) groups excluding carboxylic acids is 2. The Labute approximate surface area is 191 Å². The van der Waals surface area contributed by atoms with E-state index >= 15 is 0 Å². The van der Waals surface area contributed by atoms with Crippen molar-refractivity contribution >= 4 is 29.1 Å². The fourth-order valence-electron chi connectivity index (χ4n) is 3.85. The van der Waals surface area contributed by atoms with Crippen molar-refractivity contribution in [1.29, 1.82) is 0 Å². The average molecular weight is 462 g/mol. The molecule has 1 heterocycles. The smallest absolute Gasteiger partial charge is 0.295 e. The van der Waals surface area contributed by atoms with Gasteiger partial charge in [0.15, 0.2) is 0 Å². The number of halogens is 2. The summed E-state index contributed by atoms with van der Waals surface area (Å²) in [4.78, 5) is 27.2. The first-order chi connectivity index (χ1) is 15.3. The SMILES string of the molecule is CCCCCN1C(=O)C(=O)/C(=C(/O)c2cc(Cl)c(OC)cc2OC)C1c1ccccc1F. The molecule has 1 aliphatic rings. The lowest BCUT2D eigenvalue weighted by Gasteiger charge is -2.25. The minimum atomic E-state index is -1.07. The predicted octanol–water partition coefficient (Wildman–Crippen LogP) is 5.11. The van der Waals surface area contributed by atoms with E-state index in [9.17, 15) is 19.1 Å². The molecule has 1 N–H and O–H groups in total. The van der Waals surface area contributed by atoms with Crippen molar-refractivity contribution in [2.24, 2.45) is 0 Å². The number of benzene rings is 2. The lowest BCUT2D eigenvalue weighted by molar-refractivity contribution is -0.139. The van der Waals surface area contributed by atoms with Gasteiger partial charge in [0.2, 0.25) is 0 Å². The van der Waals surface area contributed by atoms with Crippen molar-refractivity contribution in [3.63, 3.8) is 0 Å². The number of nitrogens with zero attached hydrogens (tertiary/aromatic N) is 1. The monoisotopic (exact) mass is 461 g/mol. The Morgan fingerprint density at radius 3 is 2.44 bits per heavy atom. The number of unbranched alkanes of at least 4 members (excludes halogenated alkanes) is 2. The lowest BCUT2D eigenvalue weighted by Crippen LogP contribution is -2.31. The molecule has 0 aromatic heterocycles. The van der Waals surface area contributed by atoms with E-state index in [-0.39, 0.29) is 34.0 Å². The van der Waals surface area contributed by atoms with Crippen molar-refractivity contribution in [3.05, 3.63) is 63.9 Å². The third kappa shape index (κ3) is 4.30. The number of methoxy groups -OCH3 is 2. The number of amides is 1. The highest BCUT2D eigenvalue weighted by Gasteiger charge is 2.47. The van der Waals surface area contributed by atoms with Crippen LogP contribution in [0.2, 0.25) is 5.02 Å². The molecule has 1 aliphatic heterocycles. The van der Waals surface area contributed by atoms with Gasteiger partial charge >= 0.3 is 0 Å². The molecule has 1 amide bonds. The normalized spacial score (nSPS) is 17.7. The van der Waals surface area contributed by atoms with E-state index in [4.69, 9.17) is 21.1 Å². The fourth-order valence-corrected chi connectivity index (χ4v) is 4.09. The van der Waals surface area contributed by atoms with Crippen LogP contribution in [0.25, 0.3) is 5.76 Å². The molecule has 8 heteroatoms. The van der Waals surface area contributed by atoms with Gasteiger partial charge in [0.25, 0.3) is 11.7 Å². The number of ketones is 1. The summed E-state index contributed by atoms with van der Waals surface area (Å²) in [7, 11) is 2.82. The van der Waals surface area contributed by atoms with Crippen molar-refractivity contribution < 1.29 is 28.6 Å². The molecule has 0 bridgehead atoms. The minimum absolute atomic E-state index is 0.103. The molecule has 1 unspecified atom stereocenters. The first kappa shape index (κ1) is 23.6. The summed E-state index contributed by atoms with van der Waals surface area (Å²) in [6, 6.07) is 7.68. The van der Waals surface area contributed by atoms with Crippen LogP contribution in [0.3, 0.4) is 0 Å². The Morgan fingerprint density at radius 2 is 1.81 bits per heavy atom. The number of aliphatic hydroxyl groups excluding tert-OH is 1. The second kappa shape index (κ2) is 10.0. The van der Waals surface area contributed by atoms with Gasteiger partial charge in [-0.15, -0.1) is 0 Å². The van der Waals surface area contributed by atoms with Gasteiger partial charge in [-0.2, -0.15) is 0 Å². The third-order valence-electron chi connectivity index (χ3n) is 5.47. The maximum atomic E-state index is 14.8. The quantitative estimate of drug-likeness (QED) is 0.256. The summed E-state index contributed by atoms with van der Waals surface area (Å²) in [5.41, 5.74) is 0.0191. The standard InChI is InChI=1S/C24H25ClFNO5/c1-4-5-8-11-27-21(14-9-6-7-10-17(14)26)20(23(29)24(27)30)22(28)15-12-16(25)19(32-3)13-18(15)31-2/h6-7,9-10,12-13,21,28H,4-5,8,11H2,1-3H3/b22-20+. The maximum absolute atomic E-state index is 14.8. The molecule has 2 aromatic rings. The van der Waals surface area contributed by atoms with E-state index in [1.54, 1.807) is 6.07 Å². The summed E-state index contributed by atoms with van der Waals surface area (Å²) < 4.78 is 25.3. The van der Waals surface area contributed by atoms with Crippen LogP contribution in [0.5, 0.6) is 11.5 Å². The molecule has 0 spiro atoms. The zero-order valence-corrected chi connectivity index (χ0v) is 18.9. The number of ether oxygens (including phenoxy) is 2. The number of hydrogen-bond donors (Lipinski definition) is 1. The fraction of sp³-hybridized carbons (Fsp3) is 0.333. The molecule has 2 aromatic carbocycles. The van der Waals surface area contributed by atoms with E-state index in [2.05, 4.69) is 0 Å². The molecule has 6 nitrogen and oxygen atoms in total. The van der Waals surface area contributed by atoms with Crippen LogP contribution in [0.1, 0.15) is 43.4 Å². The predicted molar refractivity (Wildman–Crippen MR) is 119 cm³/mol. The topological polar surface area (TPSA) is 76.1 Å². The Morgan fingerprint density at radius 1 is 1.12 bits per heavy atom. The van der Waals surface area contributed by atoms with Crippen molar-refractivity contribution in [2.75, 3.05) is 20.8 Å². The minimum Gasteiger partial charge on any atom is -0.507 e. The number of rotatable bonds is 8. The highest BCUT2D eigenvalue weighted by molar-refractivity contribution is 6.46. The van der Waals surface area contributed by atoms with Crippen LogP contribution < -0.4 is 9.47 Å². The molecule has 1 saturated heterocycles. The van der Waals surface area contributed by atoms with Crippen LogP contribution >= 0.6 is 11.6 Å². The van der Waals surface area contributed by atoms with Gasteiger partial charge in [0.1, 0.15) is 23.1 Å². The molecular weight excluding hydrogens is 437 g/mol. The first-order valence-electron chi connectivity index (χ1n) is 10.3. The number of hydrogen-bond acceptors (Lipinski definition) is 5. The summed E-state index contributed by atoms with van der Waals surface area (Å²) in [5, 5.41) is 11.4. The molecular formula is C24H25ClFNO5. The molecule has 3 rings (SSSR count). The average Bonchev–Trinajstić information content (AvgIpc) is 3.03. The molecule has 32 heavy (non-hydrogen) atoms. The Hall–Kier alpha value is -3.06. The van der Waals surface area contributed by atoms with Crippen LogP contribution in [-0.2, 0) is 9.59 Å². The summed E-state index contributed by atoms with van der Waals surface area (Å²) in [6.45, 7) is 2.27. The zero-order valence-electron chi connectivity index (χ0n) is 18.2. The molecule has 1 fully saturated rings. The second-order valence-electron chi connectivity index (χ2n) is 7.41. The van der Waals surface area contributed by atoms with Gasteiger partial charge in [0, 0.05) is 18.2 Å². The summed E-state index contributed by atoms with van der Waals surface area (Å²) in [5.74, 6) is -2.24. The molecule has 0 radical (unpaired) electrons. The summed E-state index contributed by atoms with van der Waals surface area (Å²) >= 11 is 6.23. The molecule has 0 aliphatic carbocycles. The Bertz CT molecular complexity index is 1070. The lowest BCUT2D eigenvalue weighted by atomic mass is 9.94. The highest BCUT2D eigenvalue weighted by atomic mass is 35.5. The summed E-state index contributed by atoms with van der Waals surface area (Å²) in [6.07, 6.45) is 2.40. The zero-order chi connectivity index (χ0) is 23.4. The van der Waals surface area contributed by atoms with E-state index in [0.717, 1.165) is 12.8 Å². The van der Waals surface area contributed by atoms with Gasteiger partial charge in [0.05, 0.1) is 36.4 Å². The van der Waals surface area contributed by atoms with Gasteiger partial charge in [-0.3, -0.25) is 9.59 Å². The van der Waals surface area contributed by atoms with Crippen molar-refractivity contribution in [1.82, 2.24) is 4.90 Å². The van der Waals surface area contributed by atoms with E-state index < -0.39 is 29.3 Å². The van der Waals surface area contributed by atoms with E-state index in [1.807, 2.05) is 6.92 Å². The van der Waals surface area contributed by atoms with Gasteiger partial charge in [-0.25, -0.2) is 4.39 Å². The molecule has 0 saturated carbocycles. The van der Waals surface area contributed by atoms with E-state index in [0.29, 0.717) is 12.2 Å². The first-order valence-corrected chi connectivity index (χ1v) is 10.7. The van der Waals surface area contributed by atoms with Crippen molar-refractivity contribution in [3.8, 4) is 11.5 Å². The van der Waals surface area contributed by atoms with Crippen molar-refractivity contribution in [2.45, 2.75) is 32.2 Å². The van der Waals surface area contributed by atoms with Gasteiger partial charge < -0.3 is 19.5 Å².